The van der Waals surface area contributed by atoms with Gasteiger partial charge < -0.3 is 9.42 Å². The van der Waals surface area contributed by atoms with E-state index in [1.165, 1.54) is 6.07 Å². The largest absolute Gasteiger partial charge is 0.356 e. The summed E-state index contributed by atoms with van der Waals surface area (Å²) in [5.41, 5.74) is 2.08. The Labute approximate surface area is 187 Å². The highest BCUT2D eigenvalue weighted by Gasteiger charge is 2.28. The number of amides is 1. The number of aryl methyl sites for hydroxylation is 1. The number of nitrogens with zero attached hydrogens (tertiary/aromatic N) is 4. The molecule has 1 amide bonds. The van der Waals surface area contributed by atoms with Gasteiger partial charge in [0, 0.05) is 42.1 Å². The third-order valence-electron chi connectivity index (χ3n) is 6.06. The summed E-state index contributed by atoms with van der Waals surface area (Å²) >= 11 is 0. The van der Waals surface area contributed by atoms with Crippen LogP contribution in [0.3, 0.4) is 0 Å². The van der Waals surface area contributed by atoms with E-state index in [9.17, 15) is 14.4 Å². The molecule has 5 rings (SSSR count). The molecule has 1 aromatic carbocycles. The number of carbonyl (C=O) groups is 1. The molecule has 4 aromatic rings. The Bertz CT molecular complexity index is 1450. The van der Waals surface area contributed by atoms with Crippen LogP contribution >= 0.6 is 0 Å². The van der Waals surface area contributed by atoms with Crippen molar-refractivity contribution < 1.29 is 9.32 Å². The Morgan fingerprint density at radius 3 is 2.58 bits per heavy atom. The third kappa shape index (κ3) is 4.07. The maximum absolute atomic E-state index is 13.0. The van der Waals surface area contributed by atoms with Crippen molar-refractivity contribution in [3.63, 3.8) is 0 Å². The number of aromatic nitrogens is 5. The standard InChI is InChI=1S/C23H22N6O4/c1-13-10-19(33-28-13)17-11-20(30)25-26-22(17)14-6-8-29(9-7-14)21(31)12-18-15-4-2-3-5-16(15)23(32)27-24-18/h2-5,10-11,14H,6-9,12H2,1H3,(H,25,30)(H,27,32). The van der Waals surface area contributed by atoms with E-state index in [0.717, 1.165) is 11.4 Å². The molecule has 33 heavy (non-hydrogen) atoms. The molecule has 0 unspecified atom stereocenters. The average Bonchev–Trinajstić information content (AvgIpc) is 3.27. The van der Waals surface area contributed by atoms with Crippen molar-refractivity contribution in [3.8, 4) is 11.3 Å². The highest BCUT2D eigenvalue weighted by molar-refractivity contribution is 5.88. The molecular formula is C23H22N6O4. The van der Waals surface area contributed by atoms with Crippen molar-refractivity contribution in [1.29, 1.82) is 0 Å². The van der Waals surface area contributed by atoms with Gasteiger partial charge in [-0.1, -0.05) is 23.4 Å². The number of likely N-dealkylation sites (tertiary alicyclic amines) is 1. The first-order valence-corrected chi connectivity index (χ1v) is 10.8. The Hall–Kier alpha value is -4.08. The monoisotopic (exact) mass is 446 g/mol. The highest BCUT2D eigenvalue weighted by Crippen LogP contribution is 2.33. The topological polar surface area (TPSA) is 138 Å². The van der Waals surface area contributed by atoms with Crippen LogP contribution in [-0.4, -0.2) is 49.4 Å². The van der Waals surface area contributed by atoms with E-state index in [1.54, 1.807) is 24.3 Å². The SMILES string of the molecule is Cc1cc(-c2cc(=O)[nH]nc2C2CCN(C(=O)Cc3n[nH]c(=O)c4ccccc34)CC2)on1. The lowest BCUT2D eigenvalue weighted by Gasteiger charge is -2.32. The number of hydrogen-bond acceptors (Lipinski definition) is 7. The normalized spacial score (nSPS) is 14.6. The fourth-order valence-electron chi connectivity index (χ4n) is 4.38. The van der Waals surface area contributed by atoms with E-state index in [-0.39, 0.29) is 29.4 Å². The molecule has 168 valence electrons. The summed E-state index contributed by atoms with van der Waals surface area (Å²) in [6.07, 6.45) is 1.51. The number of aromatic amines is 2. The molecule has 1 fully saturated rings. The number of fused-ring (bicyclic) bond motifs is 1. The summed E-state index contributed by atoms with van der Waals surface area (Å²) in [5.74, 6) is 0.535. The highest BCUT2D eigenvalue weighted by atomic mass is 16.5. The van der Waals surface area contributed by atoms with Crippen LogP contribution in [0.4, 0.5) is 0 Å². The van der Waals surface area contributed by atoms with Gasteiger partial charge >= 0.3 is 0 Å². The van der Waals surface area contributed by atoms with Gasteiger partial charge in [-0.25, -0.2) is 10.2 Å². The van der Waals surface area contributed by atoms with Crippen molar-refractivity contribution in [2.24, 2.45) is 0 Å². The predicted octanol–water partition coefficient (Wildman–Crippen LogP) is 1.92. The second-order valence-electron chi connectivity index (χ2n) is 8.24. The molecular weight excluding hydrogens is 424 g/mol. The number of nitrogens with one attached hydrogen (secondary N) is 2. The molecule has 0 saturated carbocycles. The summed E-state index contributed by atoms with van der Waals surface area (Å²) in [4.78, 5) is 38.7. The van der Waals surface area contributed by atoms with E-state index in [0.29, 0.717) is 53.7 Å². The molecule has 0 spiro atoms. The van der Waals surface area contributed by atoms with E-state index in [4.69, 9.17) is 4.52 Å². The van der Waals surface area contributed by atoms with Crippen LogP contribution in [0.5, 0.6) is 0 Å². The average molecular weight is 446 g/mol. The van der Waals surface area contributed by atoms with Gasteiger partial charge in [0.05, 0.1) is 28.9 Å². The van der Waals surface area contributed by atoms with Crippen LogP contribution in [0.15, 0.2) is 50.5 Å². The molecule has 3 aromatic heterocycles. The number of piperidine rings is 1. The van der Waals surface area contributed by atoms with Gasteiger partial charge in [0.2, 0.25) is 5.91 Å². The van der Waals surface area contributed by atoms with Crippen LogP contribution < -0.4 is 11.1 Å². The van der Waals surface area contributed by atoms with Crippen molar-refractivity contribution in [1.82, 2.24) is 30.5 Å². The number of benzene rings is 1. The summed E-state index contributed by atoms with van der Waals surface area (Å²) in [6, 6.07) is 10.4. The van der Waals surface area contributed by atoms with Crippen LogP contribution in [0.2, 0.25) is 0 Å². The minimum Gasteiger partial charge on any atom is -0.356 e. The number of H-pyrrole nitrogens is 2. The van der Waals surface area contributed by atoms with Crippen molar-refractivity contribution in [2.45, 2.75) is 32.1 Å². The first-order chi connectivity index (χ1) is 16.0. The minimum absolute atomic E-state index is 0.0429. The van der Waals surface area contributed by atoms with Gasteiger partial charge in [-0.2, -0.15) is 10.2 Å². The molecule has 10 heteroatoms. The minimum atomic E-state index is -0.309. The van der Waals surface area contributed by atoms with E-state index in [1.807, 2.05) is 17.9 Å². The Balaban J connectivity index is 1.31. The van der Waals surface area contributed by atoms with Crippen LogP contribution in [0, 0.1) is 6.92 Å². The van der Waals surface area contributed by atoms with Gasteiger partial charge in [0.15, 0.2) is 5.76 Å². The fraction of sp³-hybridized carbons (Fsp3) is 0.304. The van der Waals surface area contributed by atoms with E-state index < -0.39 is 0 Å². The van der Waals surface area contributed by atoms with Gasteiger partial charge in [-0.15, -0.1) is 0 Å². The first-order valence-electron chi connectivity index (χ1n) is 10.8. The lowest BCUT2D eigenvalue weighted by Crippen LogP contribution is -2.39. The van der Waals surface area contributed by atoms with Gasteiger partial charge in [-0.05, 0) is 25.8 Å². The molecule has 0 bridgehead atoms. The maximum atomic E-state index is 13.0. The maximum Gasteiger partial charge on any atom is 0.272 e. The van der Waals surface area contributed by atoms with Gasteiger partial charge in [0.25, 0.3) is 11.1 Å². The second-order valence-corrected chi connectivity index (χ2v) is 8.24. The lowest BCUT2D eigenvalue weighted by molar-refractivity contribution is -0.131. The summed E-state index contributed by atoms with van der Waals surface area (Å²) in [5, 5.41) is 18.5. The summed E-state index contributed by atoms with van der Waals surface area (Å²) in [7, 11) is 0. The second kappa shape index (κ2) is 8.45. The molecule has 1 aliphatic heterocycles. The zero-order chi connectivity index (χ0) is 22.9. The molecule has 4 heterocycles. The van der Waals surface area contributed by atoms with Crippen molar-refractivity contribution >= 4 is 16.7 Å². The molecule has 0 aliphatic carbocycles. The van der Waals surface area contributed by atoms with Crippen molar-refractivity contribution in [3.05, 3.63) is 74.2 Å². The zero-order valence-corrected chi connectivity index (χ0v) is 18.0. The molecule has 1 aliphatic rings. The smallest absolute Gasteiger partial charge is 0.272 e. The predicted molar refractivity (Wildman–Crippen MR) is 120 cm³/mol. The van der Waals surface area contributed by atoms with E-state index >= 15 is 0 Å². The van der Waals surface area contributed by atoms with E-state index in [2.05, 4.69) is 25.6 Å². The summed E-state index contributed by atoms with van der Waals surface area (Å²) in [6.45, 7) is 2.93. The zero-order valence-electron chi connectivity index (χ0n) is 18.0. The molecule has 0 radical (unpaired) electrons. The van der Waals surface area contributed by atoms with Crippen LogP contribution in [0.25, 0.3) is 22.1 Å². The first kappa shape index (κ1) is 20.8. The van der Waals surface area contributed by atoms with Crippen LogP contribution in [-0.2, 0) is 11.2 Å². The van der Waals surface area contributed by atoms with Crippen molar-refractivity contribution in [2.75, 3.05) is 13.1 Å². The molecule has 0 atom stereocenters. The molecule has 10 nitrogen and oxygen atoms in total. The van der Waals surface area contributed by atoms with Gasteiger partial charge in [-0.3, -0.25) is 14.4 Å². The quantitative estimate of drug-likeness (QED) is 0.488. The van der Waals surface area contributed by atoms with Crippen LogP contribution in [0.1, 0.15) is 35.8 Å². The Morgan fingerprint density at radius 1 is 1.09 bits per heavy atom. The fourth-order valence-corrected chi connectivity index (χ4v) is 4.38. The number of rotatable bonds is 4. The number of carbonyl (C=O) groups excluding carboxylic acids is 1. The molecule has 2 N–H and O–H groups in total. The third-order valence-corrected chi connectivity index (χ3v) is 6.06. The number of hydrogen-bond donors (Lipinski definition) is 2. The Kier molecular flexibility index (Phi) is 5.33. The Morgan fingerprint density at radius 2 is 1.85 bits per heavy atom. The summed E-state index contributed by atoms with van der Waals surface area (Å²) < 4.78 is 5.37. The lowest BCUT2D eigenvalue weighted by atomic mass is 9.90. The van der Waals surface area contributed by atoms with Gasteiger partial charge in [0.1, 0.15) is 0 Å². The molecule has 1 saturated heterocycles.